The summed E-state index contributed by atoms with van der Waals surface area (Å²) in [5, 5.41) is 0. The molecule has 0 nitrogen and oxygen atoms in total. The molecule has 3 atom stereocenters. The van der Waals surface area contributed by atoms with Gasteiger partial charge in [0.15, 0.2) is 0 Å². The normalized spacial score (nSPS) is 28.7. The summed E-state index contributed by atoms with van der Waals surface area (Å²) >= 11 is 0. The van der Waals surface area contributed by atoms with E-state index in [9.17, 15) is 0 Å². The number of allylic oxidation sites excluding steroid dienone is 2. The standard InChI is InChI=1S/C37H48Si5/c1-38(2)37(33-28-20-13-21-29-33)35(31-24-16-11-17-25-31)34(30-22-14-10-15-23-30)36(32-26-18-12-19-27-32)42(37,9)41(7,8)40(5,6)39(38,3)4/h10-29,36H,1-9H3. The lowest BCUT2D eigenvalue weighted by atomic mass is 9.86. The second-order valence-corrected chi connectivity index (χ2v) is 67.0. The number of rotatable bonds is 4. The third kappa shape index (κ3) is 3.43. The molecule has 0 radical (unpaired) electrons. The number of hydrogen-bond donors (Lipinski definition) is 0. The molecule has 42 heavy (non-hydrogen) atoms. The van der Waals surface area contributed by atoms with Crippen LogP contribution in [0.3, 0.4) is 0 Å². The van der Waals surface area contributed by atoms with Crippen LogP contribution in [0.2, 0.25) is 58.9 Å². The highest BCUT2D eigenvalue weighted by atomic mass is 30.0. The monoisotopic (exact) mass is 632 g/mol. The summed E-state index contributed by atoms with van der Waals surface area (Å²) in [6.07, 6.45) is 0. The third-order valence-corrected chi connectivity index (χ3v) is 113. The van der Waals surface area contributed by atoms with E-state index >= 15 is 0 Å². The van der Waals surface area contributed by atoms with Gasteiger partial charge in [0.1, 0.15) is 0 Å². The van der Waals surface area contributed by atoms with Crippen LogP contribution in [0.5, 0.6) is 0 Å². The fraction of sp³-hybridized carbons (Fsp3) is 0.297. The van der Waals surface area contributed by atoms with Crippen LogP contribution in [-0.4, -0.2) is 36.5 Å². The minimum atomic E-state index is -2.22. The van der Waals surface area contributed by atoms with E-state index in [4.69, 9.17) is 0 Å². The maximum atomic E-state index is 2.95. The van der Waals surface area contributed by atoms with Gasteiger partial charge in [0.25, 0.3) is 0 Å². The summed E-state index contributed by atoms with van der Waals surface area (Å²) in [7, 11) is -9.27. The molecule has 0 N–H and O–H groups in total. The Labute approximate surface area is 259 Å². The van der Waals surface area contributed by atoms with Gasteiger partial charge in [-0.3, -0.25) is 0 Å². The van der Waals surface area contributed by atoms with Gasteiger partial charge >= 0.3 is 0 Å². The van der Waals surface area contributed by atoms with Crippen LogP contribution in [-0.2, 0) is 4.66 Å². The molecule has 4 aromatic rings. The molecule has 1 saturated heterocycles. The Morgan fingerprint density at radius 3 is 1.38 bits per heavy atom. The van der Waals surface area contributed by atoms with Crippen LogP contribution < -0.4 is 0 Å². The van der Waals surface area contributed by atoms with Gasteiger partial charge in [0.05, 0.1) is 15.2 Å². The van der Waals surface area contributed by atoms with Crippen LogP contribution in [0, 0.1) is 0 Å². The van der Waals surface area contributed by atoms with E-state index in [2.05, 4.69) is 180 Å². The summed E-state index contributed by atoms with van der Waals surface area (Å²) in [5.41, 5.74) is 9.96. The van der Waals surface area contributed by atoms with Crippen molar-refractivity contribution in [2.24, 2.45) is 0 Å². The molecule has 6 rings (SSSR count). The molecule has 0 saturated carbocycles. The first-order valence-electron chi connectivity index (χ1n) is 15.8. The molecule has 2 aliphatic rings. The predicted octanol–water partition coefficient (Wildman–Crippen LogP) is 10.2. The number of fused-ring (bicyclic) bond motifs is 1. The van der Waals surface area contributed by atoms with Gasteiger partial charge in [-0.1, -0.05) is 180 Å². The molecule has 0 bridgehead atoms. The zero-order valence-corrected chi connectivity index (χ0v) is 32.1. The first-order valence-corrected chi connectivity index (χ1v) is 34.3. The zero-order chi connectivity index (χ0) is 30.2. The van der Waals surface area contributed by atoms with E-state index < -0.39 is 36.5 Å². The highest BCUT2D eigenvalue weighted by Gasteiger charge is 2.84. The van der Waals surface area contributed by atoms with Crippen molar-refractivity contribution in [3.05, 3.63) is 144 Å². The minimum absolute atomic E-state index is 0.127. The van der Waals surface area contributed by atoms with Crippen LogP contribution in [0.1, 0.15) is 27.8 Å². The highest BCUT2D eigenvalue weighted by molar-refractivity contribution is 7.96. The first kappa shape index (κ1) is 29.8. The SMILES string of the molecule is C[Si]1(C)C2(c3ccccc3)C(c3ccccc3)=C(c3ccccc3)C(c3ccccc3)[Si]2(C)[Si](C)(C)[Si](C)(C)[Si]1(C)C. The summed E-state index contributed by atoms with van der Waals surface area (Å²) < 4.78 is 0.127. The van der Waals surface area contributed by atoms with Crippen molar-refractivity contribution in [1.82, 2.24) is 0 Å². The largest absolute Gasteiger partial charge is 0.0735 e. The van der Waals surface area contributed by atoms with Gasteiger partial charge in [-0.2, -0.15) is 0 Å². The maximum Gasteiger partial charge on any atom is 0.0678 e. The Bertz CT molecular complexity index is 1630. The molecular weight excluding hydrogens is 585 g/mol. The zero-order valence-electron chi connectivity index (χ0n) is 27.1. The molecule has 0 amide bonds. The van der Waals surface area contributed by atoms with Crippen LogP contribution in [0.4, 0.5) is 0 Å². The molecule has 3 unspecified atom stereocenters. The number of hydrogen-bond acceptors (Lipinski definition) is 0. The summed E-state index contributed by atoms with van der Waals surface area (Å²) in [5.74, 6) is 0. The topological polar surface area (TPSA) is 0 Å². The van der Waals surface area contributed by atoms with Gasteiger partial charge in [-0.25, -0.2) is 0 Å². The Morgan fingerprint density at radius 2 is 0.881 bits per heavy atom. The molecule has 0 spiro atoms. The fourth-order valence-electron chi connectivity index (χ4n) is 10.1. The minimum Gasteiger partial charge on any atom is -0.0735 e. The molecule has 2 aliphatic heterocycles. The van der Waals surface area contributed by atoms with E-state index in [-0.39, 0.29) is 4.66 Å². The quantitative estimate of drug-likeness (QED) is 0.196. The lowest BCUT2D eigenvalue weighted by molar-refractivity contribution is 1.00. The predicted molar refractivity (Wildman–Crippen MR) is 199 cm³/mol. The Kier molecular flexibility index (Phi) is 6.99. The van der Waals surface area contributed by atoms with E-state index in [0.717, 1.165) is 0 Å². The second-order valence-electron chi connectivity index (χ2n) is 15.2. The maximum absolute atomic E-state index is 2.95. The van der Waals surface area contributed by atoms with Gasteiger partial charge in [-0.15, -0.1) is 0 Å². The molecular formula is C37H48Si5. The molecule has 4 aromatic carbocycles. The molecule has 1 fully saturated rings. The van der Waals surface area contributed by atoms with Crippen LogP contribution in [0.15, 0.2) is 121 Å². The van der Waals surface area contributed by atoms with Gasteiger partial charge in [-0.05, 0) is 33.4 Å². The van der Waals surface area contributed by atoms with Gasteiger partial charge in [0.2, 0.25) is 0 Å². The van der Waals surface area contributed by atoms with Crippen molar-refractivity contribution >= 4 is 47.7 Å². The fourth-order valence-corrected chi connectivity index (χ4v) is 146. The first-order chi connectivity index (χ1) is 19.8. The smallest absolute Gasteiger partial charge is 0.0678 e. The Hall–Kier alpha value is -2.30. The molecule has 216 valence electrons. The Balaban J connectivity index is 1.95. The van der Waals surface area contributed by atoms with Crippen molar-refractivity contribution in [3.63, 3.8) is 0 Å². The number of benzene rings is 4. The second kappa shape index (κ2) is 9.86. The summed E-state index contributed by atoms with van der Waals surface area (Å²) in [6.45, 7) is 26.1. The van der Waals surface area contributed by atoms with Crippen molar-refractivity contribution < 1.29 is 0 Å². The van der Waals surface area contributed by atoms with Gasteiger partial charge < -0.3 is 0 Å². The average Bonchev–Trinajstić information content (AvgIpc) is 3.26. The Morgan fingerprint density at radius 1 is 0.452 bits per heavy atom. The summed E-state index contributed by atoms with van der Waals surface area (Å²) in [4.78, 5) is 0. The molecule has 2 heterocycles. The van der Waals surface area contributed by atoms with E-state index in [1.54, 1.807) is 22.3 Å². The molecule has 0 aromatic heterocycles. The average molecular weight is 633 g/mol. The lowest BCUT2D eigenvalue weighted by Crippen LogP contribution is -2.99. The molecule has 5 heteroatoms. The highest BCUT2D eigenvalue weighted by Crippen LogP contribution is 2.72. The van der Waals surface area contributed by atoms with Crippen LogP contribution >= 0.6 is 0 Å². The lowest BCUT2D eigenvalue weighted by Gasteiger charge is -2.75. The van der Waals surface area contributed by atoms with Gasteiger partial charge in [0, 0.05) is 31.5 Å². The van der Waals surface area contributed by atoms with Crippen LogP contribution in [0.25, 0.3) is 11.1 Å². The van der Waals surface area contributed by atoms with Crippen molar-refractivity contribution in [2.75, 3.05) is 0 Å². The van der Waals surface area contributed by atoms with Crippen molar-refractivity contribution in [2.45, 2.75) is 69.1 Å². The molecule has 0 aliphatic carbocycles. The van der Waals surface area contributed by atoms with Crippen molar-refractivity contribution in [1.29, 1.82) is 0 Å². The third-order valence-electron chi connectivity index (χ3n) is 13.7. The van der Waals surface area contributed by atoms with E-state index in [0.29, 0.717) is 5.54 Å². The van der Waals surface area contributed by atoms with E-state index in [1.807, 2.05) is 0 Å². The van der Waals surface area contributed by atoms with E-state index in [1.165, 1.54) is 11.1 Å². The summed E-state index contributed by atoms with van der Waals surface area (Å²) in [6, 6.07) is 47.2. The van der Waals surface area contributed by atoms with Crippen molar-refractivity contribution in [3.8, 4) is 0 Å².